The van der Waals surface area contributed by atoms with Crippen LogP contribution in [-0.4, -0.2) is 18.9 Å². The Kier molecular flexibility index (Phi) is 3.76. The summed E-state index contributed by atoms with van der Waals surface area (Å²) in [5, 5.41) is 0. The van der Waals surface area contributed by atoms with Crippen molar-refractivity contribution in [3.05, 3.63) is 59.4 Å². The molecule has 2 aromatic rings. The minimum absolute atomic E-state index is 0.0133. The van der Waals surface area contributed by atoms with Crippen molar-refractivity contribution in [3.63, 3.8) is 0 Å². The average molecular weight is 336 g/mol. The number of ether oxygens (including phenoxy) is 3. The van der Waals surface area contributed by atoms with E-state index in [2.05, 4.69) is 0 Å². The first-order chi connectivity index (χ1) is 12.1. The number of ketones is 1. The number of hydrogen-bond donors (Lipinski definition) is 0. The Morgan fingerprint density at radius 2 is 2.00 bits per heavy atom. The van der Waals surface area contributed by atoms with E-state index in [1.54, 1.807) is 31.4 Å². The Labute approximate surface area is 144 Å². The molecule has 0 atom stereocenters. The van der Waals surface area contributed by atoms with Gasteiger partial charge < -0.3 is 14.2 Å². The third-order valence-corrected chi connectivity index (χ3v) is 4.16. The monoisotopic (exact) mass is 336 g/mol. The number of benzene rings is 2. The van der Waals surface area contributed by atoms with E-state index < -0.39 is 0 Å². The van der Waals surface area contributed by atoms with Crippen LogP contribution in [0.15, 0.2) is 48.2 Å². The van der Waals surface area contributed by atoms with E-state index in [-0.39, 0.29) is 23.4 Å². The van der Waals surface area contributed by atoms with Crippen molar-refractivity contribution in [2.75, 3.05) is 7.11 Å². The predicted molar refractivity (Wildman–Crippen MR) is 90.7 cm³/mol. The number of rotatable bonds is 4. The van der Waals surface area contributed by atoms with E-state index >= 15 is 0 Å². The van der Waals surface area contributed by atoms with Gasteiger partial charge in [-0.2, -0.15) is 0 Å². The van der Waals surface area contributed by atoms with Crippen LogP contribution in [0.4, 0.5) is 0 Å². The molecule has 5 heteroatoms. The molecule has 1 saturated carbocycles. The zero-order valence-corrected chi connectivity index (χ0v) is 13.7. The molecular formula is C20H16O5. The van der Waals surface area contributed by atoms with E-state index in [4.69, 9.17) is 14.2 Å². The van der Waals surface area contributed by atoms with Crippen LogP contribution >= 0.6 is 0 Å². The van der Waals surface area contributed by atoms with Gasteiger partial charge in [0.05, 0.1) is 18.6 Å². The molecule has 1 aliphatic heterocycles. The van der Waals surface area contributed by atoms with E-state index in [1.807, 2.05) is 24.3 Å². The first-order valence-electron chi connectivity index (χ1n) is 8.08. The Hall–Kier alpha value is -3.08. The second-order valence-electron chi connectivity index (χ2n) is 6.07. The highest BCUT2D eigenvalue weighted by Gasteiger charge is 2.32. The highest BCUT2D eigenvalue weighted by molar-refractivity contribution is 6.14. The highest BCUT2D eigenvalue weighted by Crippen LogP contribution is 2.36. The zero-order chi connectivity index (χ0) is 17.4. The second-order valence-corrected chi connectivity index (χ2v) is 6.07. The van der Waals surface area contributed by atoms with Gasteiger partial charge in [0.2, 0.25) is 5.78 Å². The summed E-state index contributed by atoms with van der Waals surface area (Å²) in [6, 6.07) is 12.2. The Morgan fingerprint density at radius 1 is 1.16 bits per heavy atom. The first-order valence-corrected chi connectivity index (χ1v) is 8.08. The van der Waals surface area contributed by atoms with Gasteiger partial charge in [-0.3, -0.25) is 9.59 Å². The normalized spacial score (nSPS) is 17.2. The molecule has 0 N–H and O–H groups in total. The molecule has 25 heavy (non-hydrogen) atoms. The van der Waals surface area contributed by atoms with E-state index in [1.165, 1.54) is 0 Å². The molecule has 0 saturated heterocycles. The molecule has 0 amide bonds. The Morgan fingerprint density at radius 3 is 2.76 bits per heavy atom. The number of carbonyl (C=O) groups is 2. The number of hydrogen-bond acceptors (Lipinski definition) is 5. The van der Waals surface area contributed by atoms with Crippen LogP contribution in [0, 0.1) is 5.92 Å². The third-order valence-electron chi connectivity index (χ3n) is 4.16. The summed E-state index contributed by atoms with van der Waals surface area (Å²) in [4.78, 5) is 24.2. The van der Waals surface area contributed by atoms with Gasteiger partial charge in [0.15, 0.2) is 5.76 Å². The summed E-state index contributed by atoms with van der Waals surface area (Å²) >= 11 is 0. The smallest absolute Gasteiger partial charge is 0.314 e. The molecule has 1 fully saturated rings. The first kappa shape index (κ1) is 15.4. The molecule has 1 aliphatic carbocycles. The number of fused-ring (bicyclic) bond motifs is 1. The molecule has 126 valence electrons. The summed E-state index contributed by atoms with van der Waals surface area (Å²) in [5.74, 6) is 1.32. The minimum atomic E-state index is -0.226. The summed E-state index contributed by atoms with van der Waals surface area (Å²) in [6.45, 7) is 0. The molecule has 2 aliphatic rings. The molecule has 0 radical (unpaired) electrons. The van der Waals surface area contributed by atoms with Crippen molar-refractivity contribution >= 4 is 17.8 Å². The number of esters is 1. The average Bonchev–Trinajstić information content (AvgIpc) is 3.42. The van der Waals surface area contributed by atoms with Gasteiger partial charge in [0, 0.05) is 6.07 Å². The van der Waals surface area contributed by atoms with Crippen molar-refractivity contribution < 1.29 is 23.8 Å². The maximum atomic E-state index is 12.5. The standard InChI is InChI=1S/C20H16O5/c1-23-14-4-2-3-12(9-14)10-18-19(21)16-8-7-15(11-17(16)25-18)24-20(22)13-5-6-13/h2-4,7-11,13H,5-6H2,1H3/b18-10-. The molecule has 5 nitrogen and oxygen atoms in total. The summed E-state index contributed by atoms with van der Waals surface area (Å²) < 4.78 is 16.2. The molecule has 4 rings (SSSR count). The fourth-order valence-corrected chi connectivity index (χ4v) is 2.63. The fourth-order valence-electron chi connectivity index (χ4n) is 2.63. The molecule has 0 bridgehead atoms. The Bertz CT molecular complexity index is 893. The summed E-state index contributed by atoms with van der Waals surface area (Å²) in [7, 11) is 1.59. The maximum Gasteiger partial charge on any atom is 0.314 e. The number of Topliss-reactive ketones (excluding diaryl/α,β-unsaturated/α-hetero) is 1. The largest absolute Gasteiger partial charge is 0.497 e. The van der Waals surface area contributed by atoms with Crippen LogP contribution in [0.3, 0.4) is 0 Å². The lowest BCUT2D eigenvalue weighted by molar-refractivity contribution is -0.135. The number of carbonyl (C=O) groups excluding carboxylic acids is 2. The number of allylic oxidation sites excluding steroid dienone is 1. The van der Waals surface area contributed by atoms with Gasteiger partial charge in [0.1, 0.15) is 17.2 Å². The van der Waals surface area contributed by atoms with Crippen molar-refractivity contribution in [1.82, 2.24) is 0 Å². The summed E-state index contributed by atoms with van der Waals surface area (Å²) in [5.41, 5.74) is 1.26. The van der Waals surface area contributed by atoms with Crippen molar-refractivity contribution in [2.45, 2.75) is 12.8 Å². The van der Waals surface area contributed by atoms with Gasteiger partial charge in [0.25, 0.3) is 0 Å². The van der Waals surface area contributed by atoms with Gasteiger partial charge in [-0.1, -0.05) is 12.1 Å². The van der Waals surface area contributed by atoms with Crippen LogP contribution in [-0.2, 0) is 4.79 Å². The van der Waals surface area contributed by atoms with E-state index in [0.29, 0.717) is 22.8 Å². The van der Waals surface area contributed by atoms with Crippen LogP contribution in [0.2, 0.25) is 0 Å². The molecular weight excluding hydrogens is 320 g/mol. The van der Waals surface area contributed by atoms with Crippen LogP contribution < -0.4 is 14.2 Å². The topological polar surface area (TPSA) is 61.8 Å². The molecule has 0 unspecified atom stereocenters. The van der Waals surface area contributed by atoms with Gasteiger partial charge >= 0.3 is 5.97 Å². The zero-order valence-electron chi connectivity index (χ0n) is 13.7. The summed E-state index contributed by atoms with van der Waals surface area (Å²) in [6.07, 6.45) is 3.43. The highest BCUT2D eigenvalue weighted by atomic mass is 16.5. The van der Waals surface area contributed by atoms with Gasteiger partial charge in [-0.15, -0.1) is 0 Å². The van der Waals surface area contributed by atoms with Gasteiger partial charge in [-0.25, -0.2) is 0 Å². The van der Waals surface area contributed by atoms with E-state index in [0.717, 1.165) is 18.4 Å². The van der Waals surface area contributed by atoms with Crippen LogP contribution in [0.5, 0.6) is 17.2 Å². The Balaban J connectivity index is 1.57. The fraction of sp³-hybridized carbons (Fsp3) is 0.200. The predicted octanol–water partition coefficient (Wildman–Crippen LogP) is 3.63. The minimum Gasteiger partial charge on any atom is -0.497 e. The molecule has 1 heterocycles. The molecule has 0 spiro atoms. The molecule has 2 aromatic carbocycles. The molecule has 0 aromatic heterocycles. The van der Waals surface area contributed by atoms with E-state index in [9.17, 15) is 9.59 Å². The second kappa shape index (κ2) is 6.09. The third kappa shape index (κ3) is 3.13. The number of methoxy groups -OCH3 is 1. The SMILES string of the molecule is COc1cccc(/C=C2\Oc3cc(OC(=O)C4CC4)ccc3C2=O)c1. The maximum absolute atomic E-state index is 12.5. The quantitative estimate of drug-likeness (QED) is 0.485. The van der Waals surface area contributed by atoms with Crippen LogP contribution in [0.25, 0.3) is 6.08 Å². The van der Waals surface area contributed by atoms with Gasteiger partial charge in [-0.05, 0) is 48.7 Å². The lowest BCUT2D eigenvalue weighted by Gasteiger charge is -2.04. The lowest BCUT2D eigenvalue weighted by Crippen LogP contribution is -2.09. The van der Waals surface area contributed by atoms with Crippen molar-refractivity contribution in [3.8, 4) is 17.2 Å². The van der Waals surface area contributed by atoms with Crippen LogP contribution in [0.1, 0.15) is 28.8 Å². The van der Waals surface area contributed by atoms with Crippen molar-refractivity contribution in [1.29, 1.82) is 0 Å². The van der Waals surface area contributed by atoms with Crippen molar-refractivity contribution in [2.24, 2.45) is 5.92 Å². The lowest BCUT2D eigenvalue weighted by atomic mass is 10.1.